The number of ether oxygens (including phenoxy) is 1. The molecule has 0 bridgehead atoms. The van der Waals surface area contributed by atoms with Gasteiger partial charge in [0.2, 0.25) is 0 Å². The first-order chi connectivity index (χ1) is 10.0. The summed E-state index contributed by atoms with van der Waals surface area (Å²) in [6.45, 7) is 13.0. The minimum atomic E-state index is -0.487. The molecule has 0 unspecified atom stereocenters. The van der Waals surface area contributed by atoms with Crippen molar-refractivity contribution in [2.24, 2.45) is 7.05 Å². The number of hydrogen-bond acceptors (Lipinski definition) is 4. The normalized spacial score (nSPS) is 12.3. The average molecular weight is 310 g/mol. The Balaban J connectivity index is 2.46. The predicted octanol–water partition coefficient (Wildman–Crippen LogP) is 2.38. The molecular formula is C16H30N4O2. The second-order valence-corrected chi connectivity index (χ2v) is 7.24. The standard InChI is InChI=1S/C16H30N4O2/c1-8-13-12(10-20(7)19-13)9-17-11-16(5,6)18-14(21)22-15(2,3)4/h10,17H,8-9,11H2,1-7H3,(H,18,21). The van der Waals surface area contributed by atoms with Gasteiger partial charge in [-0.25, -0.2) is 4.79 Å². The number of aromatic nitrogens is 2. The fraction of sp³-hybridized carbons (Fsp3) is 0.750. The first-order valence-electron chi connectivity index (χ1n) is 7.75. The van der Waals surface area contributed by atoms with E-state index in [1.807, 2.05) is 52.5 Å². The van der Waals surface area contributed by atoms with E-state index in [4.69, 9.17) is 4.74 Å². The van der Waals surface area contributed by atoms with Crippen LogP contribution in [0, 0.1) is 0 Å². The molecule has 0 aliphatic carbocycles. The van der Waals surface area contributed by atoms with Crippen LogP contribution in [0.4, 0.5) is 4.79 Å². The zero-order chi connectivity index (χ0) is 17.0. The minimum absolute atomic E-state index is 0.392. The molecular weight excluding hydrogens is 280 g/mol. The van der Waals surface area contributed by atoms with Gasteiger partial charge < -0.3 is 15.4 Å². The third kappa shape index (κ3) is 6.47. The number of nitrogens with one attached hydrogen (secondary N) is 2. The molecule has 0 saturated heterocycles. The van der Waals surface area contributed by atoms with E-state index in [-0.39, 0.29) is 0 Å². The van der Waals surface area contributed by atoms with Gasteiger partial charge in [-0.05, 0) is 41.0 Å². The Bertz CT molecular complexity index is 501. The number of amides is 1. The van der Waals surface area contributed by atoms with Crippen molar-refractivity contribution in [2.75, 3.05) is 6.54 Å². The van der Waals surface area contributed by atoms with Crippen molar-refractivity contribution in [3.63, 3.8) is 0 Å². The van der Waals surface area contributed by atoms with Crippen molar-refractivity contribution in [1.82, 2.24) is 20.4 Å². The van der Waals surface area contributed by atoms with Gasteiger partial charge in [-0.1, -0.05) is 6.92 Å². The van der Waals surface area contributed by atoms with E-state index in [0.717, 1.165) is 18.7 Å². The van der Waals surface area contributed by atoms with Crippen LogP contribution < -0.4 is 10.6 Å². The van der Waals surface area contributed by atoms with Crippen LogP contribution in [0.2, 0.25) is 0 Å². The van der Waals surface area contributed by atoms with Crippen LogP contribution in [0.5, 0.6) is 0 Å². The lowest BCUT2D eigenvalue weighted by Gasteiger charge is -2.29. The van der Waals surface area contributed by atoms with Gasteiger partial charge in [-0.15, -0.1) is 0 Å². The van der Waals surface area contributed by atoms with E-state index in [1.165, 1.54) is 5.56 Å². The summed E-state index contributed by atoms with van der Waals surface area (Å²) in [6, 6.07) is 0. The van der Waals surface area contributed by atoms with E-state index in [0.29, 0.717) is 6.54 Å². The summed E-state index contributed by atoms with van der Waals surface area (Å²) in [6.07, 6.45) is 2.55. The van der Waals surface area contributed by atoms with Gasteiger partial charge in [0.25, 0.3) is 0 Å². The summed E-state index contributed by atoms with van der Waals surface area (Å²) in [5, 5.41) is 10.7. The smallest absolute Gasteiger partial charge is 0.408 e. The number of alkyl carbamates (subject to hydrolysis) is 1. The highest BCUT2D eigenvalue weighted by molar-refractivity contribution is 5.68. The highest BCUT2D eigenvalue weighted by Crippen LogP contribution is 2.10. The maximum Gasteiger partial charge on any atom is 0.408 e. The highest BCUT2D eigenvalue weighted by Gasteiger charge is 2.24. The fourth-order valence-corrected chi connectivity index (χ4v) is 2.16. The molecule has 0 spiro atoms. The molecule has 22 heavy (non-hydrogen) atoms. The predicted molar refractivity (Wildman–Crippen MR) is 87.7 cm³/mol. The summed E-state index contributed by atoms with van der Waals surface area (Å²) in [4.78, 5) is 11.8. The minimum Gasteiger partial charge on any atom is -0.444 e. The monoisotopic (exact) mass is 310 g/mol. The van der Waals surface area contributed by atoms with Crippen LogP contribution in [0.25, 0.3) is 0 Å². The number of nitrogens with zero attached hydrogens (tertiary/aromatic N) is 2. The Hall–Kier alpha value is -1.56. The van der Waals surface area contributed by atoms with Crippen LogP contribution >= 0.6 is 0 Å². The van der Waals surface area contributed by atoms with E-state index in [1.54, 1.807) is 0 Å². The molecule has 1 amide bonds. The van der Waals surface area contributed by atoms with Crippen LogP contribution in [-0.4, -0.2) is 33.6 Å². The van der Waals surface area contributed by atoms with Crippen LogP contribution in [0.3, 0.4) is 0 Å². The lowest BCUT2D eigenvalue weighted by atomic mass is 10.1. The Labute approximate surface area is 133 Å². The van der Waals surface area contributed by atoms with Gasteiger partial charge >= 0.3 is 6.09 Å². The summed E-state index contributed by atoms with van der Waals surface area (Å²) in [5.41, 5.74) is 1.42. The summed E-state index contributed by atoms with van der Waals surface area (Å²) in [5.74, 6) is 0. The summed E-state index contributed by atoms with van der Waals surface area (Å²) >= 11 is 0. The van der Waals surface area contributed by atoms with Crippen molar-refractivity contribution >= 4 is 6.09 Å². The Morgan fingerprint density at radius 2 is 1.95 bits per heavy atom. The molecule has 0 atom stereocenters. The second kappa shape index (κ2) is 7.13. The molecule has 0 aliphatic heterocycles. The van der Waals surface area contributed by atoms with E-state index in [9.17, 15) is 4.79 Å². The van der Waals surface area contributed by atoms with Crippen LogP contribution in [-0.2, 0) is 24.8 Å². The SMILES string of the molecule is CCc1nn(C)cc1CNCC(C)(C)NC(=O)OC(C)(C)C. The molecule has 6 heteroatoms. The van der Waals surface area contributed by atoms with Gasteiger partial charge in [0, 0.05) is 31.9 Å². The van der Waals surface area contributed by atoms with Crippen molar-refractivity contribution < 1.29 is 9.53 Å². The molecule has 0 fully saturated rings. The maximum atomic E-state index is 11.8. The van der Waals surface area contributed by atoms with Gasteiger partial charge in [0.15, 0.2) is 0 Å². The van der Waals surface area contributed by atoms with Crippen molar-refractivity contribution in [3.8, 4) is 0 Å². The lowest BCUT2D eigenvalue weighted by Crippen LogP contribution is -2.51. The fourth-order valence-electron chi connectivity index (χ4n) is 2.16. The largest absolute Gasteiger partial charge is 0.444 e. The van der Waals surface area contributed by atoms with Gasteiger partial charge in [-0.3, -0.25) is 4.68 Å². The first-order valence-corrected chi connectivity index (χ1v) is 7.75. The van der Waals surface area contributed by atoms with E-state index >= 15 is 0 Å². The Kier molecular flexibility index (Phi) is 6.00. The molecule has 1 heterocycles. The van der Waals surface area contributed by atoms with Gasteiger partial charge in [0.1, 0.15) is 5.60 Å². The molecule has 1 aromatic rings. The zero-order valence-corrected chi connectivity index (χ0v) is 14.9. The van der Waals surface area contributed by atoms with Crippen molar-refractivity contribution in [3.05, 3.63) is 17.5 Å². The number of carbonyl (C=O) groups excluding carboxylic acids is 1. The summed E-state index contributed by atoms with van der Waals surface area (Å²) in [7, 11) is 1.93. The Morgan fingerprint density at radius 3 is 2.50 bits per heavy atom. The van der Waals surface area contributed by atoms with Gasteiger partial charge in [0.05, 0.1) is 11.2 Å². The number of hydrogen-bond donors (Lipinski definition) is 2. The third-order valence-electron chi connectivity index (χ3n) is 3.05. The molecule has 126 valence electrons. The molecule has 0 aromatic carbocycles. The van der Waals surface area contributed by atoms with Crippen LogP contribution in [0.15, 0.2) is 6.20 Å². The van der Waals surface area contributed by atoms with Gasteiger partial charge in [-0.2, -0.15) is 5.10 Å². The quantitative estimate of drug-likeness (QED) is 0.846. The number of carbonyl (C=O) groups is 1. The molecule has 0 saturated carbocycles. The second-order valence-electron chi connectivity index (χ2n) is 7.24. The lowest BCUT2D eigenvalue weighted by molar-refractivity contribution is 0.0472. The third-order valence-corrected chi connectivity index (χ3v) is 3.05. The molecule has 0 radical (unpaired) electrons. The van der Waals surface area contributed by atoms with E-state index in [2.05, 4.69) is 22.7 Å². The molecule has 2 N–H and O–H groups in total. The number of aryl methyl sites for hydroxylation is 2. The molecule has 0 aliphatic rings. The summed E-state index contributed by atoms with van der Waals surface area (Å²) < 4.78 is 7.12. The zero-order valence-electron chi connectivity index (χ0n) is 14.9. The molecule has 1 rings (SSSR count). The topological polar surface area (TPSA) is 68.2 Å². The highest BCUT2D eigenvalue weighted by atomic mass is 16.6. The maximum absolute atomic E-state index is 11.8. The van der Waals surface area contributed by atoms with Crippen LogP contribution in [0.1, 0.15) is 52.8 Å². The van der Waals surface area contributed by atoms with Crippen molar-refractivity contribution in [1.29, 1.82) is 0 Å². The van der Waals surface area contributed by atoms with Crippen molar-refractivity contribution in [2.45, 2.75) is 65.6 Å². The first kappa shape index (κ1) is 18.5. The van der Waals surface area contributed by atoms with E-state index < -0.39 is 17.2 Å². The molecule has 6 nitrogen and oxygen atoms in total. The average Bonchev–Trinajstić information content (AvgIpc) is 2.65. The Morgan fingerprint density at radius 1 is 1.32 bits per heavy atom. The molecule has 1 aromatic heterocycles. The number of rotatable bonds is 6.